The number of rotatable bonds is 9. The number of hydrogen-bond donors (Lipinski definition) is 1. The van der Waals surface area contributed by atoms with Gasteiger partial charge >= 0.3 is 0 Å². The Labute approximate surface area is 224 Å². The molecule has 0 radical (unpaired) electrons. The van der Waals surface area contributed by atoms with Crippen molar-refractivity contribution in [1.82, 2.24) is 14.3 Å². The third kappa shape index (κ3) is 6.06. The summed E-state index contributed by atoms with van der Waals surface area (Å²) in [6.45, 7) is 1.49. The molecule has 1 N–H and O–H groups in total. The van der Waals surface area contributed by atoms with Gasteiger partial charge < -0.3 is 9.88 Å². The molecule has 1 aromatic heterocycles. The van der Waals surface area contributed by atoms with Gasteiger partial charge in [0.1, 0.15) is 0 Å². The van der Waals surface area contributed by atoms with Crippen LogP contribution in [0.1, 0.15) is 23.2 Å². The quantitative estimate of drug-likeness (QED) is 0.289. The summed E-state index contributed by atoms with van der Waals surface area (Å²) < 4.78 is 29.2. The number of aromatic nitrogens is 2. The Morgan fingerprint density at radius 2 is 1.73 bits per heavy atom. The van der Waals surface area contributed by atoms with Crippen molar-refractivity contribution in [2.75, 3.05) is 23.1 Å². The Morgan fingerprint density at radius 1 is 0.973 bits per heavy atom. The van der Waals surface area contributed by atoms with E-state index in [0.717, 1.165) is 33.6 Å². The van der Waals surface area contributed by atoms with Gasteiger partial charge in [0.2, 0.25) is 10.0 Å². The summed E-state index contributed by atoms with van der Waals surface area (Å²) in [5.74, 6) is 0.354. The van der Waals surface area contributed by atoms with E-state index < -0.39 is 10.0 Å². The number of sulfonamides is 1. The minimum atomic E-state index is -3.54. The van der Waals surface area contributed by atoms with E-state index in [1.54, 1.807) is 10.6 Å². The number of hydrogen-bond acceptors (Lipinski definition) is 4. The van der Waals surface area contributed by atoms with Crippen molar-refractivity contribution in [2.45, 2.75) is 32.0 Å². The number of imidazole rings is 1. The zero-order valence-electron chi connectivity index (χ0n) is 20.6. The second kappa shape index (κ2) is 11.5. The van der Waals surface area contributed by atoms with Gasteiger partial charge in [-0.25, -0.2) is 13.4 Å². The average molecular weight is 535 g/mol. The Kier molecular flexibility index (Phi) is 7.93. The summed E-state index contributed by atoms with van der Waals surface area (Å²) in [4.78, 5) is 9.68. The maximum atomic E-state index is 13.7. The molecule has 0 saturated heterocycles. The summed E-state index contributed by atoms with van der Waals surface area (Å²) in [5, 5.41) is 0. The third-order valence-corrected chi connectivity index (χ3v) is 9.03. The van der Waals surface area contributed by atoms with Crippen LogP contribution in [0.2, 0.25) is 0 Å². The molecule has 0 spiro atoms. The van der Waals surface area contributed by atoms with Crippen molar-refractivity contribution in [3.05, 3.63) is 108 Å². The normalized spacial score (nSPS) is 16.4. The zero-order valence-corrected chi connectivity index (χ0v) is 22.2. The highest BCUT2D eigenvalue weighted by Crippen LogP contribution is 2.34. The Morgan fingerprint density at radius 3 is 2.43 bits per heavy atom. The summed E-state index contributed by atoms with van der Waals surface area (Å²) in [6.07, 6.45) is 4.55. The first-order valence-electron chi connectivity index (χ1n) is 12.5. The third-order valence-electron chi connectivity index (χ3n) is 6.82. The highest BCUT2D eigenvalue weighted by atomic mass is 35.5. The van der Waals surface area contributed by atoms with Crippen LogP contribution >= 0.6 is 11.6 Å². The van der Waals surface area contributed by atoms with E-state index >= 15 is 0 Å². The van der Waals surface area contributed by atoms with Crippen LogP contribution < -0.4 is 4.90 Å². The van der Waals surface area contributed by atoms with E-state index in [-0.39, 0.29) is 11.8 Å². The molecule has 1 aliphatic rings. The monoisotopic (exact) mass is 534 g/mol. The number of nitrogens with one attached hydrogen (secondary N) is 1. The van der Waals surface area contributed by atoms with Crippen molar-refractivity contribution in [1.29, 1.82) is 0 Å². The van der Waals surface area contributed by atoms with Crippen LogP contribution in [0.25, 0.3) is 11.1 Å². The second-order valence-corrected chi connectivity index (χ2v) is 11.8. The summed E-state index contributed by atoms with van der Waals surface area (Å²) in [7, 11) is -3.54. The fraction of sp³-hybridized carbons (Fsp3) is 0.276. The number of halogens is 1. The first kappa shape index (κ1) is 25.5. The minimum Gasteiger partial charge on any atom is -0.364 e. The van der Waals surface area contributed by atoms with Crippen LogP contribution in [0.15, 0.2) is 91.4 Å². The molecule has 8 heteroatoms. The zero-order chi connectivity index (χ0) is 25.7. The molecule has 5 rings (SSSR count). The van der Waals surface area contributed by atoms with Gasteiger partial charge in [-0.15, -0.1) is 11.6 Å². The molecule has 1 aliphatic heterocycles. The van der Waals surface area contributed by atoms with Crippen molar-refractivity contribution < 1.29 is 8.42 Å². The van der Waals surface area contributed by atoms with E-state index in [9.17, 15) is 8.42 Å². The topological polar surface area (TPSA) is 69.3 Å². The number of anilines is 1. The molecule has 0 saturated carbocycles. The standard InChI is InChI=1S/C29H31ClN4O2S/c30-14-7-15-37(35,36)34-19-26-17-25(24-10-5-2-6-11-24)12-13-29(26)33(20-27-18-31-22-32-27)21-28(34)16-23-8-3-1-4-9-23/h1-6,8-13,17-18,22,28H,7,14-16,19-21H2,(H,31,32). The minimum absolute atomic E-state index is 0.0377. The first-order valence-corrected chi connectivity index (χ1v) is 14.7. The van der Waals surface area contributed by atoms with Gasteiger partial charge in [-0.1, -0.05) is 66.7 Å². The summed E-state index contributed by atoms with van der Waals surface area (Å²) in [5.41, 5.74) is 6.30. The Balaban J connectivity index is 1.59. The Bertz CT molecular complexity index is 1400. The van der Waals surface area contributed by atoms with Crippen LogP contribution in [0.5, 0.6) is 0 Å². The smallest absolute Gasteiger partial charge is 0.214 e. The van der Waals surface area contributed by atoms with Crippen molar-refractivity contribution in [2.24, 2.45) is 0 Å². The first-order chi connectivity index (χ1) is 18.0. The molecule has 0 aliphatic carbocycles. The molecule has 2 heterocycles. The average Bonchev–Trinajstić information content (AvgIpc) is 3.38. The molecule has 192 valence electrons. The maximum absolute atomic E-state index is 13.7. The number of H-pyrrole nitrogens is 1. The molecule has 1 unspecified atom stereocenters. The summed E-state index contributed by atoms with van der Waals surface area (Å²) >= 11 is 5.92. The van der Waals surface area contributed by atoms with Crippen LogP contribution in [0, 0.1) is 0 Å². The van der Waals surface area contributed by atoms with Gasteiger partial charge in [0.05, 0.1) is 24.3 Å². The molecule has 3 aromatic carbocycles. The van der Waals surface area contributed by atoms with Gasteiger partial charge in [0, 0.05) is 36.9 Å². The number of benzene rings is 3. The van der Waals surface area contributed by atoms with Crippen molar-refractivity contribution in [3.8, 4) is 11.1 Å². The Hall–Kier alpha value is -3.13. The molecule has 0 amide bonds. The SMILES string of the molecule is O=S(=O)(CCCCl)N1Cc2cc(-c3ccccc3)ccc2N(Cc2cnc[nH]2)CC1Cc1ccccc1. The van der Waals surface area contributed by atoms with E-state index in [1.165, 1.54) is 0 Å². The predicted octanol–water partition coefficient (Wildman–Crippen LogP) is 5.47. The van der Waals surface area contributed by atoms with Crippen molar-refractivity contribution >= 4 is 27.3 Å². The number of fused-ring (bicyclic) bond motifs is 1. The van der Waals surface area contributed by atoms with Gasteiger partial charge in [0.15, 0.2) is 0 Å². The lowest BCUT2D eigenvalue weighted by Gasteiger charge is -2.32. The molecule has 6 nitrogen and oxygen atoms in total. The predicted molar refractivity (Wildman–Crippen MR) is 150 cm³/mol. The molecule has 4 aromatic rings. The van der Waals surface area contributed by atoms with Gasteiger partial charge in [-0.2, -0.15) is 4.31 Å². The number of alkyl halides is 1. The van der Waals surface area contributed by atoms with E-state index in [0.29, 0.717) is 38.4 Å². The fourth-order valence-corrected chi connectivity index (χ4v) is 7.00. The molecule has 37 heavy (non-hydrogen) atoms. The van der Waals surface area contributed by atoms with E-state index in [2.05, 4.69) is 57.3 Å². The van der Waals surface area contributed by atoms with Crippen LogP contribution in [-0.2, 0) is 29.5 Å². The van der Waals surface area contributed by atoms with Gasteiger partial charge in [0.25, 0.3) is 0 Å². The van der Waals surface area contributed by atoms with Gasteiger partial charge in [-0.3, -0.25) is 0 Å². The maximum Gasteiger partial charge on any atom is 0.214 e. The largest absolute Gasteiger partial charge is 0.364 e. The number of nitrogens with zero attached hydrogens (tertiary/aromatic N) is 3. The molecular weight excluding hydrogens is 504 g/mol. The molecular formula is C29H31ClN4O2S. The second-order valence-electron chi connectivity index (χ2n) is 9.41. The molecule has 1 atom stereocenters. The molecule has 0 fully saturated rings. The summed E-state index contributed by atoms with van der Waals surface area (Å²) in [6, 6.07) is 26.5. The number of aromatic amines is 1. The van der Waals surface area contributed by atoms with E-state index in [4.69, 9.17) is 11.6 Å². The highest BCUT2D eigenvalue weighted by Gasteiger charge is 2.35. The lowest BCUT2D eigenvalue weighted by molar-refractivity contribution is 0.318. The van der Waals surface area contributed by atoms with Gasteiger partial charge in [-0.05, 0) is 47.2 Å². The lowest BCUT2D eigenvalue weighted by atomic mass is 10.0. The lowest BCUT2D eigenvalue weighted by Crippen LogP contribution is -2.46. The molecule has 0 bridgehead atoms. The fourth-order valence-electron chi connectivity index (χ4n) is 5.03. The van der Waals surface area contributed by atoms with Crippen LogP contribution in [-0.4, -0.2) is 46.9 Å². The highest BCUT2D eigenvalue weighted by molar-refractivity contribution is 7.89. The van der Waals surface area contributed by atoms with Crippen LogP contribution in [0.4, 0.5) is 5.69 Å². The van der Waals surface area contributed by atoms with Crippen molar-refractivity contribution in [3.63, 3.8) is 0 Å². The van der Waals surface area contributed by atoms with Crippen LogP contribution in [0.3, 0.4) is 0 Å². The van der Waals surface area contributed by atoms with E-state index in [1.807, 2.05) is 42.6 Å².